The van der Waals surface area contributed by atoms with Crippen molar-refractivity contribution >= 4 is 94.1 Å². The fourth-order valence-corrected chi connectivity index (χ4v) is 8.01. The second-order valence-corrected chi connectivity index (χ2v) is 16.1. The highest BCUT2D eigenvalue weighted by atomic mass is 79.9. The van der Waals surface area contributed by atoms with Crippen molar-refractivity contribution in [2.45, 2.75) is 15.7 Å². The number of rotatable bonds is 11. The summed E-state index contributed by atoms with van der Waals surface area (Å²) in [5, 5.41) is 5.15. The van der Waals surface area contributed by atoms with Crippen molar-refractivity contribution in [1.82, 2.24) is 0 Å². The number of hydrogen-bond donors (Lipinski definition) is 4. The molecule has 5 rings (SSSR count). The first-order valence-corrected chi connectivity index (χ1v) is 19.5. The van der Waals surface area contributed by atoms with Gasteiger partial charge in [0.25, 0.3) is 20.0 Å². The molecule has 2 amide bonds. The summed E-state index contributed by atoms with van der Waals surface area (Å²) in [6.07, 6.45) is -1.39. The minimum absolute atomic E-state index is 0.0614. The highest BCUT2D eigenvalue weighted by Crippen LogP contribution is 2.39. The molecule has 0 heterocycles. The number of benzene rings is 5. The van der Waals surface area contributed by atoms with Crippen LogP contribution in [0.1, 0.15) is 22.6 Å². The van der Waals surface area contributed by atoms with Crippen LogP contribution in [0.3, 0.4) is 0 Å². The van der Waals surface area contributed by atoms with Gasteiger partial charge in [-0.3, -0.25) is 20.1 Å². The fraction of sp³-hybridized carbons (Fsp3) is 0.0857. The van der Waals surface area contributed by atoms with Crippen molar-refractivity contribution in [2.24, 2.45) is 0 Å². The van der Waals surface area contributed by atoms with Crippen LogP contribution in [-0.2, 0) is 29.5 Å². The molecule has 0 fully saturated rings. The quantitative estimate of drug-likeness (QED) is 0.0956. The molecule has 0 aliphatic heterocycles. The van der Waals surface area contributed by atoms with E-state index in [1.165, 1.54) is 62.8 Å². The number of carbonyl (C=O) groups excluding carboxylic acids is 2. The van der Waals surface area contributed by atoms with E-state index in [-0.39, 0.29) is 31.2 Å². The lowest BCUT2D eigenvalue weighted by molar-refractivity contribution is 0.186. The SMILES string of the molecule is COC(=O)Nc1ccc(S(=O)(=O)Nc2ccc(C(c3ccc(Br)cc3)c3ccc(NS(=O)(=O)c4ccc(NC(=O)OC)cc4)c(Cl)c3)cc2Cl)cc1. The van der Waals surface area contributed by atoms with E-state index in [0.717, 1.165) is 10.0 Å². The molecule has 12 nitrogen and oxygen atoms in total. The van der Waals surface area contributed by atoms with E-state index in [0.29, 0.717) is 22.5 Å². The van der Waals surface area contributed by atoms with Gasteiger partial charge in [-0.15, -0.1) is 0 Å². The maximum Gasteiger partial charge on any atom is 0.411 e. The van der Waals surface area contributed by atoms with Crippen LogP contribution >= 0.6 is 39.1 Å². The number of halogens is 3. The normalized spacial score (nSPS) is 11.4. The Morgan fingerprint density at radius 1 is 0.577 bits per heavy atom. The zero-order chi connectivity index (χ0) is 37.6. The number of methoxy groups -OCH3 is 2. The summed E-state index contributed by atoms with van der Waals surface area (Å²) >= 11 is 16.8. The summed E-state index contributed by atoms with van der Waals surface area (Å²) in [6, 6.07) is 28.4. The number of amides is 2. The van der Waals surface area contributed by atoms with E-state index in [9.17, 15) is 26.4 Å². The predicted octanol–water partition coefficient (Wildman–Crippen LogP) is 8.89. The molecule has 0 aromatic heterocycles. The molecular weight excluding hydrogens is 819 g/mol. The summed E-state index contributed by atoms with van der Waals surface area (Å²) < 4.78 is 67.7. The summed E-state index contributed by atoms with van der Waals surface area (Å²) in [6.45, 7) is 0. The number of ether oxygens (including phenoxy) is 2. The average Bonchev–Trinajstić information content (AvgIpc) is 3.11. The van der Waals surface area contributed by atoms with Crippen molar-refractivity contribution in [1.29, 1.82) is 0 Å². The predicted molar refractivity (Wildman–Crippen MR) is 205 cm³/mol. The van der Waals surface area contributed by atoms with Crippen LogP contribution in [0.4, 0.5) is 32.3 Å². The molecule has 0 atom stereocenters. The minimum Gasteiger partial charge on any atom is -0.453 e. The Kier molecular flexibility index (Phi) is 12.0. The molecular formula is C35H29BrCl2N4O8S2. The fourth-order valence-electron chi connectivity index (χ4n) is 5.00. The molecule has 0 saturated heterocycles. The number of carbonyl (C=O) groups is 2. The molecule has 0 aliphatic rings. The third-order valence-electron chi connectivity index (χ3n) is 7.54. The van der Waals surface area contributed by atoms with E-state index in [2.05, 4.69) is 45.5 Å². The molecule has 0 spiro atoms. The summed E-state index contributed by atoms with van der Waals surface area (Å²) in [5.74, 6) is -0.455. The van der Waals surface area contributed by atoms with Gasteiger partial charge in [-0.05, 0) is 102 Å². The molecule has 0 saturated carbocycles. The van der Waals surface area contributed by atoms with Crippen LogP contribution in [0.25, 0.3) is 0 Å². The maximum atomic E-state index is 13.2. The second kappa shape index (κ2) is 16.3. The monoisotopic (exact) mass is 846 g/mol. The van der Waals surface area contributed by atoms with Crippen LogP contribution < -0.4 is 20.1 Å². The molecule has 17 heteroatoms. The number of anilines is 4. The lowest BCUT2D eigenvalue weighted by atomic mass is 9.85. The third kappa shape index (κ3) is 9.35. The molecule has 5 aromatic rings. The Labute approximate surface area is 318 Å². The van der Waals surface area contributed by atoms with E-state index < -0.39 is 38.2 Å². The topological polar surface area (TPSA) is 169 Å². The zero-order valence-electron chi connectivity index (χ0n) is 27.2. The number of sulfonamides is 2. The van der Waals surface area contributed by atoms with Gasteiger partial charge < -0.3 is 9.47 Å². The molecule has 0 unspecified atom stereocenters. The van der Waals surface area contributed by atoms with Gasteiger partial charge in [0, 0.05) is 21.8 Å². The second-order valence-electron chi connectivity index (χ2n) is 11.0. The lowest BCUT2D eigenvalue weighted by Gasteiger charge is -2.21. The minimum atomic E-state index is -4.06. The Morgan fingerprint density at radius 2 is 0.942 bits per heavy atom. The summed E-state index contributed by atoms with van der Waals surface area (Å²) in [4.78, 5) is 22.8. The van der Waals surface area contributed by atoms with Crippen molar-refractivity contribution in [3.05, 3.63) is 140 Å². The first-order chi connectivity index (χ1) is 24.7. The molecule has 0 aliphatic carbocycles. The lowest BCUT2D eigenvalue weighted by Crippen LogP contribution is -2.15. The zero-order valence-corrected chi connectivity index (χ0v) is 31.9. The maximum absolute atomic E-state index is 13.2. The van der Waals surface area contributed by atoms with Crippen LogP contribution in [0.15, 0.2) is 123 Å². The standard InChI is InChI=1S/C35H29BrCl2N4O8S2/c1-49-34(43)39-25-9-13-27(14-10-25)51(45,46)41-31-17-5-22(19-29(31)37)33(21-3-7-24(36)8-4-21)23-6-18-32(30(38)20-23)42-52(47,48)28-15-11-26(12-16-28)40-35(44)50-2/h3-20,33,41-42H,1-2H3,(H,39,43)(H,40,44). The van der Waals surface area contributed by atoms with E-state index in [1.807, 2.05) is 24.3 Å². The highest BCUT2D eigenvalue weighted by Gasteiger charge is 2.23. The van der Waals surface area contributed by atoms with E-state index in [4.69, 9.17) is 23.2 Å². The van der Waals surface area contributed by atoms with Crippen LogP contribution in [-0.4, -0.2) is 43.2 Å². The third-order valence-corrected chi connectivity index (χ3v) is 11.5. The van der Waals surface area contributed by atoms with Gasteiger partial charge in [-0.1, -0.05) is 63.4 Å². The first-order valence-electron chi connectivity index (χ1n) is 15.0. The molecule has 52 heavy (non-hydrogen) atoms. The Bertz CT molecular complexity index is 2190. The van der Waals surface area contributed by atoms with Crippen molar-refractivity contribution in [3.8, 4) is 0 Å². The van der Waals surface area contributed by atoms with Crippen molar-refractivity contribution in [2.75, 3.05) is 34.3 Å². The van der Waals surface area contributed by atoms with Crippen LogP contribution in [0, 0.1) is 0 Å². The van der Waals surface area contributed by atoms with Gasteiger partial charge in [0.15, 0.2) is 0 Å². The summed E-state index contributed by atoms with van der Waals surface area (Å²) in [5.41, 5.74) is 3.19. The Morgan fingerprint density at radius 3 is 1.29 bits per heavy atom. The smallest absolute Gasteiger partial charge is 0.411 e. The molecule has 270 valence electrons. The first kappa shape index (κ1) is 38.4. The van der Waals surface area contributed by atoms with Gasteiger partial charge in [0.2, 0.25) is 0 Å². The molecule has 4 N–H and O–H groups in total. The number of hydrogen-bond acceptors (Lipinski definition) is 8. The van der Waals surface area contributed by atoms with E-state index in [1.54, 1.807) is 36.4 Å². The Hall–Kier alpha value is -4.80. The van der Waals surface area contributed by atoms with Crippen LogP contribution in [0.5, 0.6) is 0 Å². The van der Waals surface area contributed by atoms with Gasteiger partial charge in [0.05, 0.1) is 45.4 Å². The molecule has 0 bridgehead atoms. The van der Waals surface area contributed by atoms with Crippen molar-refractivity contribution in [3.63, 3.8) is 0 Å². The van der Waals surface area contributed by atoms with Gasteiger partial charge in [0.1, 0.15) is 0 Å². The van der Waals surface area contributed by atoms with E-state index >= 15 is 0 Å². The van der Waals surface area contributed by atoms with Crippen molar-refractivity contribution < 1.29 is 35.9 Å². The largest absolute Gasteiger partial charge is 0.453 e. The Balaban J connectivity index is 1.41. The van der Waals surface area contributed by atoms with Gasteiger partial charge >= 0.3 is 12.2 Å². The highest BCUT2D eigenvalue weighted by molar-refractivity contribution is 9.10. The number of nitrogens with one attached hydrogen (secondary N) is 4. The average molecular weight is 849 g/mol. The van der Waals surface area contributed by atoms with Gasteiger partial charge in [-0.2, -0.15) is 0 Å². The van der Waals surface area contributed by atoms with Crippen LogP contribution in [0.2, 0.25) is 10.0 Å². The van der Waals surface area contributed by atoms with Gasteiger partial charge in [-0.25, -0.2) is 26.4 Å². The summed E-state index contributed by atoms with van der Waals surface area (Å²) in [7, 11) is -5.70. The molecule has 0 radical (unpaired) electrons. The molecule has 5 aromatic carbocycles.